The molecule has 0 spiro atoms. The topological polar surface area (TPSA) is 80.8 Å². The van der Waals surface area contributed by atoms with Crippen LogP contribution in [0.25, 0.3) is 28.1 Å². The molecule has 4 heterocycles. The Hall–Kier alpha value is -3.07. The number of hydrogen-bond acceptors (Lipinski definition) is 5. The minimum atomic E-state index is -0.728. The summed E-state index contributed by atoms with van der Waals surface area (Å²) in [4.78, 5) is 25.0. The second-order valence-corrected chi connectivity index (χ2v) is 6.83. The van der Waals surface area contributed by atoms with Gasteiger partial charge < -0.3 is 27.3 Å². The van der Waals surface area contributed by atoms with Gasteiger partial charge >= 0.3 is 0 Å². The summed E-state index contributed by atoms with van der Waals surface area (Å²) in [6.45, 7) is -0.00780. The van der Waals surface area contributed by atoms with Crippen molar-refractivity contribution in [2.75, 3.05) is 0 Å². The van der Waals surface area contributed by atoms with Gasteiger partial charge in [-0.2, -0.15) is 5.26 Å². The van der Waals surface area contributed by atoms with Crippen molar-refractivity contribution in [3.8, 4) is 39.9 Å². The largest absolute Gasteiger partial charge is 0.485 e. The quantitative estimate of drug-likeness (QED) is 0.231. The SMILES string of the molecule is N#Cc1c(F)cccc1-c1cc2c(n(-c3cccnc3)c1=O)COc1cc(F)cnc1-2.[CH2-]I.[V]. The van der Waals surface area contributed by atoms with Crippen molar-refractivity contribution in [1.82, 2.24) is 14.5 Å². The molecule has 3 aromatic heterocycles. The third-order valence-electron chi connectivity index (χ3n) is 5.06. The van der Waals surface area contributed by atoms with Crippen LogP contribution in [0.2, 0.25) is 0 Å². The van der Waals surface area contributed by atoms with E-state index in [9.17, 15) is 18.8 Å². The van der Waals surface area contributed by atoms with Crippen molar-refractivity contribution in [1.29, 1.82) is 5.26 Å². The van der Waals surface area contributed by atoms with Crippen molar-refractivity contribution in [3.05, 3.63) is 99.2 Å². The number of aromatic nitrogens is 3. The Kier molecular flexibility index (Phi) is 8.20. The summed E-state index contributed by atoms with van der Waals surface area (Å²) in [5.41, 5.74) is 1.38. The molecule has 1 aromatic carbocycles. The van der Waals surface area contributed by atoms with Crippen molar-refractivity contribution in [3.63, 3.8) is 0 Å². The molecule has 0 N–H and O–H groups in total. The smallest absolute Gasteiger partial charge is 0.263 e. The number of rotatable bonds is 2. The molecular weight excluding hydrogens is 592 g/mol. The fraction of sp³-hybridized carbons (Fsp3) is 0.0417. The van der Waals surface area contributed by atoms with Crippen LogP contribution >= 0.6 is 22.6 Å². The van der Waals surface area contributed by atoms with E-state index in [1.54, 1.807) is 24.4 Å². The molecule has 0 unspecified atom stereocenters. The molecule has 5 rings (SSSR count). The van der Waals surface area contributed by atoms with E-state index in [1.807, 2.05) is 28.7 Å². The van der Waals surface area contributed by atoms with Gasteiger partial charge in [0, 0.05) is 47.5 Å². The zero-order valence-electron chi connectivity index (χ0n) is 17.4. The van der Waals surface area contributed by atoms with Crippen LogP contribution in [0.4, 0.5) is 8.78 Å². The van der Waals surface area contributed by atoms with Crippen LogP contribution in [-0.4, -0.2) is 14.5 Å². The monoisotopic (exact) mass is 606 g/mol. The number of ether oxygens (including phenoxy) is 1. The molecule has 1 radical (unpaired) electrons. The third-order valence-corrected chi connectivity index (χ3v) is 5.06. The van der Waals surface area contributed by atoms with Crippen molar-refractivity contribution >= 4 is 22.6 Å². The molecule has 0 fully saturated rings. The molecule has 0 aliphatic carbocycles. The molecule has 1 aliphatic rings. The normalized spacial score (nSPS) is 10.9. The van der Waals surface area contributed by atoms with Gasteiger partial charge in [0.25, 0.3) is 5.56 Å². The molecule has 0 saturated carbocycles. The zero-order valence-corrected chi connectivity index (χ0v) is 20.9. The molecular formula is C24H14F2IN4O2V-. The number of hydrogen-bond donors (Lipinski definition) is 0. The van der Waals surface area contributed by atoms with E-state index < -0.39 is 17.2 Å². The Labute approximate surface area is 219 Å². The Balaban J connectivity index is 0.00000105. The predicted octanol–water partition coefficient (Wildman–Crippen LogP) is 5.21. The average Bonchev–Trinajstić information content (AvgIpc) is 2.85. The summed E-state index contributed by atoms with van der Waals surface area (Å²) in [7, 11) is 0. The fourth-order valence-electron chi connectivity index (χ4n) is 3.69. The van der Waals surface area contributed by atoms with Gasteiger partial charge in [-0.25, -0.2) is 13.8 Å². The average molecular weight is 606 g/mol. The van der Waals surface area contributed by atoms with Gasteiger partial charge in [-0.05, 0) is 24.3 Å². The fourth-order valence-corrected chi connectivity index (χ4v) is 3.69. The molecule has 0 amide bonds. The number of halogens is 3. The van der Waals surface area contributed by atoms with Crippen LogP contribution < -0.4 is 10.3 Å². The second-order valence-electron chi connectivity index (χ2n) is 6.83. The first kappa shape index (κ1) is 25.6. The van der Waals surface area contributed by atoms with Gasteiger partial charge in [-0.15, -0.1) is 0 Å². The third kappa shape index (κ3) is 4.49. The van der Waals surface area contributed by atoms with E-state index in [4.69, 9.17) is 4.74 Å². The molecule has 4 aromatic rings. The van der Waals surface area contributed by atoms with Crippen LogP contribution in [0.1, 0.15) is 11.3 Å². The van der Waals surface area contributed by atoms with E-state index in [0.717, 1.165) is 12.3 Å². The minimum Gasteiger partial charge on any atom is -0.485 e. The Morgan fingerprint density at radius 2 is 1.88 bits per heavy atom. The van der Waals surface area contributed by atoms with Gasteiger partial charge in [-0.3, -0.25) is 19.3 Å². The summed E-state index contributed by atoms with van der Waals surface area (Å²) < 4.78 is 35.0. The molecule has 0 bridgehead atoms. The molecule has 10 heteroatoms. The molecule has 0 saturated heterocycles. The van der Waals surface area contributed by atoms with Crippen LogP contribution in [0.15, 0.2) is 65.8 Å². The Morgan fingerprint density at radius 1 is 1.09 bits per heavy atom. The summed E-state index contributed by atoms with van der Waals surface area (Å²) >= 11 is 1.90. The van der Waals surface area contributed by atoms with Gasteiger partial charge in [0.1, 0.15) is 35.8 Å². The second kappa shape index (κ2) is 10.9. The van der Waals surface area contributed by atoms with Crippen molar-refractivity contribution in [2.24, 2.45) is 0 Å². The summed E-state index contributed by atoms with van der Waals surface area (Å²) in [5, 5.41) is 9.48. The van der Waals surface area contributed by atoms with E-state index in [0.29, 0.717) is 22.6 Å². The summed E-state index contributed by atoms with van der Waals surface area (Å²) in [5.74, 6) is -1.05. The molecule has 1 aliphatic heterocycles. The van der Waals surface area contributed by atoms with Gasteiger partial charge in [0.05, 0.1) is 29.3 Å². The van der Waals surface area contributed by atoms with E-state index in [1.165, 1.54) is 29.0 Å². The zero-order chi connectivity index (χ0) is 23.5. The maximum Gasteiger partial charge on any atom is 0.263 e. The molecule has 0 atom stereocenters. The van der Waals surface area contributed by atoms with Crippen LogP contribution in [0.3, 0.4) is 0 Å². The van der Waals surface area contributed by atoms with E-state index in [-0.39, 0.29) is 47.6 Å². The molecule has 169 valence electrons. The van der Waals surface area contributed by atoms with E-state index in [2.05, 4.69) is 14.9 Å². The summed E-state index contributed by atoms with van der Waals surface area (Å²) in [6.07, 6.45) is 4.14. The number of fused-ring (bicyclic) bond motifs is 3. The number of pyridine rings is 3. The predicted molar refractivity (Wildman–Crippen MR) is 127 cm³/mol. The number of nitriles is 1. The molecule has 34 heavy (non-hydrogen) atoms. The van der Waals surface area contributed by atoms with Gasteiger partial charge in [-0.1, -0.05) is 12.1 Å². The van der Waals surface area contributed by atoms with Gasteiger partial charge in [0.2, 0.25) is 0 Å². The number of nitrogens with zero attached hydrogens (tertiary/aromatic N) is 4. The first-order valence-corrected chi connectivity index (χ1v) is 11.0. The Morgan fingerprint density at radius 3 is 2.59 bits per heavy atom. The summed E-state index contributed by atoms with van der Waals surface area (Å²) in [6, 6.07) is 12.1. The van der Waals surface area contributed by atoms with Crippen molar-refractivity contribution < 1.29 is 32.1 Å². The maximum atomic E-state index is 14.3. The van der Waals surface area contributed by atoms with Crippen LogP contribution in [-0.2, 0) is 25.2 Å². The van der Waals surface area contributed by atoms with Crippen LogP contribution in [0.5, 0.6) is 5.75 Å². The van der Waals surface area contributed by atoms with E-state index >= 15 is 0 Å². The minimum absolute atomic E-state index is 0. The number of benzene rings is 1. The first-order valence-electron chi connectivity index (χ1n) is 9.52. The maximum absolute atomic E-state index is 14.3. The Bertz CT molecular complexity index is 1460. The standard InChI is InChI=1S/C23H12F2N4O2.CH2I.V/c24-13-7-21-22(28-10-13)17-8-16(15-4-1-5-19(25)18(15)9-26)23(30)29(20(17)12-31-21)14-3-2-6-27-11-14;1-2;/h1-8,10-11H,12H2;1H2;/q;-1;. The first-order chi connectivity index (χ1) is 16.1. The van der Waals surface area contributed by atoms with Crippen molar-refractivity contribution in [2.45, 2.75) is 6.61 Å². The molecule has 6 nitrogen and oxygen atoms in total. The van der Waals surface area contributed by atoms with Crippen LogP contribution in [0, 0.1) is 27.9 Å². The van der Waals surface area contributed by atoms with Gasteiger partial charge in [0.15, 0.2) is 0 Å².